The predicted molar refractivity (Wildman–Crippen MR) is 123 cm³/mol. The van der Waals surface area contributed by atoms with E-state index in [1.165, 1.54) is 5.57 Å². The first-order valence-electron chi connectivity index (χ1n) is 10.3. The topological polar surface area (TPSA) is 42.2 Å². The maximum atomic E-state index is 13.3. The standard InChI is InChI=1S/C24H24Cl2FN3O/c1-30(2)23(17-10-12-18(27)13-11-17)16-8-6-15(7-9-16)14-21-28-24(29-31-21)19-4-3-5-20(25)22(19)26/h3-5,10-14,16,23H,6-9H2,1-2H3. The minimum Gasteiger partial charge on any atom is -0.334 e. The van der Waals surface area contributed by atoms with Crippen molar-refractivity contribution in [2.75, 3.05) is 14.1 Å². The highest BCUT2D eigenvalue weighted by atomic mass is 35.5. The molecule has 1 fully saturated rings. The van der Waals surface area contributed by atoms with Gasteiger partial charge in [0.05, 0.1) is 10.0 Å². The van der Waals surface area contributed by atoms with E-state index in [-0.39, 0.29) is 11.9 Å². The van der Waals surface area contributed by atoms with Gasteiger partial charge in [-0.25, -0.2) is 4.39 Å². The molecule has 162 valence electrons. The van der Waals surface area contributed by atoms with Gasteiger partial charge in [0.2, 0.25) is 5.82 Å². The Hall–Kier alpha value is -2.21. The Morgan fingerprint density at radius 1 is 1.10 bits per heavy atom. The molecule has 0 aliphatic heterocycles. The van der Waals surface area contributed by atoms with Crippen molar-refractivity contribution in [2.45, 2.75) is 31.7 Å². The van der Waals surface area contributed by atoms with Crippen molar-refractivity contribution in [2.24, 2.45) is 5.92 Å². The molecule has 2 aromatic carbocycles. The Morgan fingerprint density at radius 2 is 1.81 bits per heavy atom. The SMILES string of the molecule is CN(C)C(c1ccc(F)cc1)C1CCC(=Cc2nc(-c3cccc(Cl)c3Cl)no2)CC1. The van der Waals surface area contributed by atoms with Crippen LogP contribution in [0.15, 0.2) is 52.6 Å². The normalized spacial score (nSPS) is 17.7. The number of rotatable bonds is 5. The summed E-state index contributed by atoms with van der Waals surface area (Å²) in [5.74, 6) is 1.20. The Kier molecular flexibility index (Phi) is 6.75. The first-order valence-corrected chi connectivity index (χ1v) is 11.1. The van der Waals surface area contributed by atoms with Gasteiger partial charge in [-0.3, -0.25) is 0 Å². The zero-order chi connectivity index (χ0) is 22.0. The van der Waals surface area contributed by atoms with Crippen LogP contribution in [0.5, 0.6) is 0 Å². The second kappa shape index (κ2) is 9.51. The highest BCUT2D eigenvalue weighted by molar-refractivity contribution is 6.43. The molecule has 0 saturated heterocycles. The van der Waals surface area contributed by atoms with E-state index < -0.39 is 0 Å². The number of hydrogen-bond donors (Lipinski definition) is 0. The number of hydrogen-bond acceptors (Lipinski definition) is 4. The van der Waals surface area contributed by atoms with Gasteiger partial charge in [0, 0.05) is 17.7 Å². The lowest BCUT2D eigenvalue weighted by Gasteiger charge is -2.36. The van der Waals surface area contributed by atoms with Crippen molar-refractivity contribution in [3.8, 4) is 11.4 Å². The zero-order valence-electron chi connectivity index (χ0n) is 17.5. The molecular formula is C24H24Cl2FN3O. The molecule has 1 saturated carbocycles. The van der Waals surface area contributed by atoms with Crippen LogP contribution < -0.4 is 0 Å². The van der Waals surface area contributed by atoms with E-state index >= 15 is 0 Å². The lowest BCUT2D eigenvalue weighted by atomic mass is 9.78. The number of nitrogens with zero attached hydrogens (tertiary/aromatic N) is 3. The van der Waals surface area contributed by atoms with Crippen LogP contribution in [-0.2, 0) is 0 Å². The molecule has 0 bridgehead atoms. The molecule has 3 aromatic rings. The molecule has 1 unspecified atom stereocenters. The van der Waals surface area contributed by atoms with Crippen LogP contribution >= 0.6 is 23.2 Å². The summed E-state index contributed by atoms with van der Waals surface area (Å²) in [6, 6.07) is 12.5. The number of halogens is 3. The molecule has 0 radical (unpaired) electrons. The summed E-state index contributed by atoms with van der Waals surface area (Å²) in [5, 5.41) is 4.93. The average molecular weight is 460 g/mol. The summed E-state index contributed by atoms with van der Waals surface area (Å²) in [6.45, 7) is 0. The van der Waals surface area contributed by atoms with E-state index in [2.05, 4.69) is 29.1 Å². The van der Waals surface area contributed by atoms with Gasteiger partial charge in [0.15, 0.2) is 0 Å². The maximum Gasteiger partial charge on any atom is 0.250 e. The van der Waals surface area contributed by atoms with Crippen LogP contribution in [0.25, 0.3) is 17.5 Å². The fourth-order valence-electron chi connectivity index (χ4n) is 4.38. The highest BCUT2D eigenvalue weighted by Gasteiger charge is 2.28. The molecule has 7 heteroatoms. The summed E-state index contributed by atoms with van der Waals surface area (Å²) < 4.78 is 18.8. The Bertz CT molecular complexity index is 1070. The monoisotopic (exact) mass is 459 g/mol. The van der Waals surface area contributed by atoms with Crippen molar-refractivity contribution < 1.29 is 8.91 Å². The Labute approximate surface area is 191 Å². The van der Waals surface area contributed by atoms with Crippen molar-refractivity contribution in [1.29, 1.82) is 0 Å². The summed E-state index contributed by atoms with van der Waals surface area (Å²) >= 11 is 12.4. The van der Waals surface area contributed by atoms with Crippen LogP contribution in [0.3, 0.4) is 0 Å². The first-order chi connectivity index (χ1) is 14.9. The van der Waals surface area contributed by atoms with Gasteiger partial charge >= 0.3 is 0 Å². The quantitative estimate of drug-likeness (QED) is 0.409. The highest BCUT2D eigenvalue weighted by Crippen LogP contribution is 2.40. The summed E-state index contributed by atoms with van der Waals surface area (Å²) in [7, 11) is 4.17. The minimum absolute atomic E-state index is 0.201. The zero-order valence-corrected chi connectivity index (χ0v) is 19.0. The number of allylic oxidation sites excluding steroid dienone is 1. The molecule has 4 nitrogen and oxygen atoms in total. The van der Waals surface area contributed by atoms with Crippen molar-refractivity contribution in [3.05, 3.63) is 75.4 Å². The number of benzene rings is 2. The lowest BCUT2D eigenvalue weighted by molar-refractivity contribution is 0.183. The summed E-state index contributed by atoms with van der Waals surface area (Å²) in [4.78, 5) is 6.70. The molecule has 1 aromatic heterocycles. The van der Waals surface area contributed by atoms with Gasteiger partial charge in [-0.05, 0) is 75.5 Å². The second-order valence-electron chi connectivity index (χ2n) is 8.16. The molecule has 0 N–H and O–H groups in total. The van der Waals surface area contributed by atoms with Crippen LogP contribution in [-0.4, -0.2) is 29.1 Å². The van der Waals surface area contributed by atoms with Gasteiger partial charge < -0.3 is 9.42 Å². The fraction of sp³-hybridized carbons (Fsp3) is 0.333. The summed E-state index contributed by atoms with van der Waals surface area (Å²) in [6.07, 6.45) is 6.01. The second-order valence-corrected chi connectivity index (χ2v) is 8.94. The van der Waals surface area contributed by atoms with Crippen molar-refractivity contribution in [3.63, 3.8) is 0 Å². The van der Waals surface area contributed by atoms with Gasteiger partial charge in [0.1, 0.15) is 5.82 Å². The van der Waals surface area contributed by atoms with Crippen LogP contribution in [0.4, 0.5) is 4.39 Å². The first kappa shape index (κ1) is 22.0. The van der Waals surface area contributed by atoms with Gasteiger partial charge in [0.25, 0.3) is 5.89 Å². The predicted octanol–water partition coefficient (Wildman–Crippen LogP) is 7.06. The fourth-order valence-corrected chi connectivity index (χ4v) is 4.76. The lowest BCUT2D eigenvalue weighted by Crippen LogP contribution is -2.29. The Balaban J connectivity index is 1.45. The summed E-state index contributed by atoms with van der Waals surface area (Å²) in [5.41, 5.74) is 3.10. The molecular weight excluding hydrogens is 436 g/mol. The molecule has 1 aliphatic carbocycles. The van der Waals surface area contributed by atoms with E-state index in [0.717, 1.165) is 31.2 Å². The molecule has 31 heavy (non-hydrogen) atoms. The van der Waals surface area contributed by atoms with E-state index in [9.17, 15) is 4.39 Å². The molecule has 0 spiro atoms. The average Bonchev–Trinajstić information content (AvgIpc) is 3.21. The molecule has 4 rings (SSSR count). The van der Waals surface area contributed by atoms with Crippen molar-refractivity contribution >= 4 is 29.3 Å². The molecule has 1 aliphatic rings. The van der Waals surface area contributed by atoms with Crippen molar-refractivity contribution in [1.82, 2.24) is 15.0 Å². The van der Waals surface area contributed by atoms with E-state index in [4.69, 9.17) is 27.7 Å². The molecule has 1 heterocycles. The molecule has 1 atom stereocenters. The van der Waals surface area contributed by atoms with Gasteiger partial charge in [-0.1, -0.05) is 52.1 Å². The van der Waals surface area contributed by atoms with E-state index in [1.807, 2.05) is 30.3 Å². The third-order valence-corrected chi connectivity index (χ3v) is 6.67. The van der Waals surface area contributed by atoms with E-state index in [1.54, 1.807) is 18.2 Å². The Morgan fingerprint density at radius 3 is 2.48 bits per heavy atom. The van der Waals surface area contributed by atoms with Gasteiger partial charge in [-0.15, -0.1) is 0 Å². The molecule has 0 amide bonds. The largest absolute Gasteiger partial charge is 0.334 e. The van der Waals surface area contributed by atoms with Gasteiger partial charge in [-0.2, -0.15) is 4.98 Å². The maximum absolute atomic E-state index is 13.3. The van der Waals surface area contributed by atoms with Crippen LogP contribution in [0.2, 0.25) is 10.0 Å². The van der Waals surface area contributed by atoms with E-state index in [0.29, 0.717) is 33.2 Å². The van der Waals surface area contributed by atoms with Crippen LogP contribution in [0.1, 0.15) is 43.2 Å². The minimum atomic E-state index is -0.201. The third-order valence-electron chi connectivity index (χ3n) is 5.85. The number of aromatic nitrogens is 2. The smallest absolute Gasteiger partial charge is 0.250 e. The third kappa shape index (κ3) is 5.00. The van der Waals surface area contributed by atoms with Crippen LogP contribution in [0, 0.1) is 11.7 Å².